The van der Waals surface area contributed by atoms with Crippen LogP contribution < -0.4 is 0 Å². The third-order valence-electron chi connectivity index (χ3n) is 0. The number of rotatable bonds is 0. The summed E-state index contributed by atoms with van der Waals surface area (Å²) in [4.78, 5) is 0. The molecule has 0 N–H and O–H groups in total. The fourth-order valence-electron chi connectivity index (χ4n) is 0. The van der Waals surface area contributed by atoms with Crippen molar-refractivity contribution in [2.24, 2.45) is 0 Å². The fraction of sp³-hybridized carbons (Fsp3) is 1.00. The van der Waals surface area contributed by atoms with E-state index in [-0.39, 0.29) is 37.7 Å². The summed E-state index contributed by atoms with van der Waals surface area (Å²) in [5.74, 6) is 0. The van der Waals surface area contributed by atoms with Gasteiger partial charge in [-0.2, -0.15) is 0 Å². The summed E-state index contributed by atoms with van der Waals surface area (Å²) in [6.07, 6.45) is 0. The Bertz CT molecular complexity index is 6.00. The van der Waals surface area contributed by atoms with Crippen LogP contribution in [-0.4, -0.2) is 5.33 Å². The second kappa shape index (κ2) is 8.83. The van der Waals surface area contributed by atoms with E-state index in [4.69, 9.17) is 0 Å². The molecule has 0 radical (unpaired) electrons. The van der Waals surface area contributed by atoms with Gasteiger partial charge in [-0.05, 0) is 0 Å². The van der Waals surface area contributed by atoms with Gasteiger partial charge in [-0.3, -0.25) is 0 Å². The van der Waals surface area contributed by atoms with Gasteiger partial charge >= 0.3 is 0 Å². The van der Waals surface area contributed by atoms with E-state index in [1.807, 2.05) is 6.92 Å². The molecule has 28 valence electrons. The van der Waals surface area contributed by atoms with E-state index >= 15 is 0 Å². The van der Waals surface area contributed by atoms with Gasteiger partial charge in [-0.15, -0.1) is 0 Å². The molecule has 0 heterocycles. The molecule has 0 aromatic rings. The van der Waals surface area contributed by atoms with Gasteiger partial charge < -0.3 is 0 Å². The van der Waals surface area contributed by atoms with E-state index in [9.17, 15) is 0 Å². The quantitative estimate of drug-likeness (QED) is 0.456. The standard InChI is InChI=1S/C2H5Br.Ar/c1-2-3;/h2H2,1H3;. The van der Waals surface area contributed by atoms with Crippen LogP contribution in [0.5, 0.6) is 0 Å². The third-order valence-corrected chi connectivity index (χ3v) is 0. The average Bonchev–Trinajstić information content (AvgIpc) is 0.918. The van der Waals surface area contributed by atoms with Crippen LogP contribution in [0.25, 0.3) is 0 Å². The van der Waals surface area contributed by atoms with Crippen LogP contribution in [-0.2, 0) is 0 Å². The molecule has 4 heavy (non-hydrogen) atoms. The summed E-state index contributed by atoms with van der Waals surface area (Å²) in [7, 11) is 0. The molecule has 0 saturated heterocycles. The molecule has 0 atom stereocenters. The van der Waals surface area contributed by atoms with Crippen LogP contribution >= 0.6 is 15.9 Å². The fourth-order valence-corrected chi connectivity index (χ4v) is 0. The summed E-state index contributed by atoms with van der Waals surface area (Å²) in [6.45, 7) is 2.04. The smallest absolute Gasteiger partial charge is 0.000281 e. The Hall–Kier alpha value is 1.74. The van der Waals surface area contributed by atoms with Crippen molar-refractivity contribution in [2.45, 2.75) is 6.92 Å². The van der Waals surface area contributed by atoms with Gasteiger partial charge in [0, 0.05) is 43.1 Å². The summed E-state index contributed by atoms with van der Waals surface area (Å²) in [6, 6.07) is 0. The largest absolute Gasteiger partial charge is 0.0931 e. The van der Waals surface area contributed by atoms with Crippen LogP contribution in [0.2, 0.25) is 0 Å². The number of alkyl halides is 1. The van der Waals surface area contributed by atoms with E-state index in [1.165, 1.54) is 0 Å². The Labute approximate surface area is 65.1 Å². The summed E-state index contributed by atoms with van der Waals surface area (Å²) < 4.78 is 0. The average molecular weight is 149 g/mol. The first-order chi connectivity index (χ1) is 1.41. The zero-order chi connectivity index (χ0) is 2.71. The van der Waals surface area contributed by atoms with Crippen molar-refractivity contribution in [1.29, 1.82) is 0 Å². The van der Waals surface area contributed by atoms with E-state index in [0.29, 0.717) is 0 Å². The summed E-state index contributed by atoms with van der Waals surface area (Å²) in [5, 5.41) is 1.06. The van der Waals surface area contributed by atoms with Gasteiger partial charge in [0.25, 0.3) is 0 Å². The molecule has 0 aliphatic carbocycles. The molecule has 0 aromatic carbocycles. The Morgan fingerprint density at radius 3 is 1.75 bits per heavy atom. The number of hydrogen-bond acceptors (Lipinski definition) is 0. The molecule has 0 bridgehead atoms. The van der Waals surface area contributed by atoms with Gasteiger partial charge in [0.1, 0.15) is 0 Å². The molecule has 0 aromatic heterocycles. The molecular formula is C2H5ArBr. The Kier molecular flexibility index (Phi) is 20.4. The van der Waals surface area contributed by atoms with Crippen LogP contribution in [0, 0.1) is 37.7 Å². The second-order valence-corrected chi connectivity index (χ2v) is 1.39. The topological polar surface area (TPSA) is 0 Å². The Balaban J connectivity index is 0. The maximum absolute atomic E-state index is 3.15. The third kappa shape index (κ3) is 9.27. The first-order valence-corrected chi connectivity index (χ1v) is 2.10. The molecule has 2 heteroatoms. The van der Waals surface area contributed by atoms with Crippen LogP contribution in [0.15, 0.2) is 0 Å². The van der Waals surface area contributed by atoms with Crippen molar-refractivity contribution >= 4 is 15.9 Å². The van der Waals surface area contributed by atoms with Crippen molar-refractivity contribution in [3.05, 3.63) is 0 Å². The van der Waals surface area contributed by atoms with Crippen molar-refractivity contribution < 1.29 is 37.7 Å². The van der Waals surface area contributed by atoms with Crippen molar-refractivity contribution in [3.8, 4) is 0 Å². The monoisotopic (exact) mass is 148 g/mol. The Morgan fingerprint density at radius 1 is 1.75 bits per heavy atom. The van der Waals surface area contributed by atoms with Crippen molar-refractivity contribution in [1.82, 2.24) is 0 Å². The Morgan fingerprint density at radius 2 is 1.75 bits per heavy atom. The van der Waals surface area contributed by atoms with Gasteiger partial charge in [0.05, 0.1) is 0 Å². The van der Waals surface area contributed by atoms with E-state index in [2.05, 4.69) is 15.9 Å². The second-order valence-electron chi connectivity index (χ2n) is 0.267. The molecule has 0 unspecified atom stereocenters. The molecule has 0 amide bonds. The molecular weight excluding hydrogens is 144 g/mol. The number of halogens is 1. The summed E-state index contributed by atoms with van der Waals surface area (Å²) in [5.41, 5.74) is 0. The molecule has 0 aliphatic heterocycles. The zero-order valence-corrected chi connectivity index (χ0v) is 4.73. The molecule has 0 fully saturated rings. The van der Waals surface area contributed by atoms with Gasteiger partial charge in [-0.1, -0.05) is 22.9 Å². The molecule has 0 saturated carbocycles. The molecule has 0 rings (SSSR count). The van der Waals surface area contributed by atoms with Crippen molar-refractivity contribution in [3.63, 3.8) is 0 Å². The predicted molar refractivity (Wildman–Crippen MR) is 19.5 cm³/mol. The van der Waals surface area contributed by atoms with E-state index < -0.39 is 0 Å². The molecule has 0 nitrogen and oxygen atoms in total. The minimum atomic E-state index is 0. The molecule has 0 spiro atoms. The maximum atomic E-state index is 3.15. The summed E-state index contributed by atoms with van der Waals surface area (Å²) >= 11 is 3.15. The van der Waals surface area contributed by atoms with E-state index in [0.717, 1.165) is 5.33 Å². The first kappa shape index (κ1) is 9.22. The molecule has 0 aliphatic rings. The maximum Gasteiger partial charge on any atom is 0.000281 e. The van der Waals surface area contributed by atoms with Gasteiger partial charge in [-0.25, -0.2) is 0 Å². The number of hydrogen-bond donors (Lipinski definition) is 0. The van der Waals surface area contributed by atoms with E-state index in [1.54, 1.807) is 0 Å². The SMILES string of the molecule is CCBr.[Ar]. The zero-order valence-electron chi connectivity index (χ0n) is 2.44. The van der Waals surface area contributed by atoms with Crippen LogP contribution in [0.4, 0.5) is 0 Å². The van der Waals surface area contributed by atoms with Crippen LogP contribution in [0.1, 0.15) is 6.92 Å². The van der Waals surface area contributed by atoms with Gasteiger partial charge in [0.15, 0.2) is 0 Å². The minimum Gasteiger partial charge on any atom is -0.0931 e. The normalized spacial score (nSPS) is 4.50. The van der Waals surface area contributed by atoms with Crippen LogP contribution in [0.3, 0.4) is 0 Å². The minimum absolute atomic E-state index is 0. The van der Waals surface area contributed by atoms with Crippen molar-refractivity contribution in [2.75, 3.05) is 5.33 Å². The predicted octanol–water partition coefficient (Wildman–Crippen LogP) is 1.40. The first-order valence-electron chi connectivity index (χ1n) is 0.974. The van der Waals surface area contributed by atoms with Gasteiger partial charge in [0.2, 0.25) is 0 Å².